The molecule has 0 aliphatic rings. The van der Waals surface area contributed by atoms with Gasteiger partial charge in [-0.15, -0.1) is 0 Å². The molecule has 0 bridgehead atoms. The van der Waals surface area contributed by atoms with Gasteiger partial charge in [-0.1, -0.05) is 30.3 Å². The Morgan fingerprint density at radius 3 is 2.22 bits per heavy atom. The van der Waals surface area contributed by atoms with Crippen molar-refractivity contribution in [1.82, 2.24) is 9.97 Å². The zero-order chi connectivity index (χ0) is 12.5. The molecular weight excluding hydrogens is 228 g/mol. The molecule has 88 valence electrons. The highest BCUT2D eigenvalue weighted by molar-refractivity contribution is 5.80. The van der Waals surface area contributed by atoms with Gasteiger partial charge < -0.3 is 10.2 Å². The summed E-state index contributed by atoms with van der Waals surface area (Å²) in [6, 6.07) is 12.5. The van der Waals surface area contributed by atoms with Crippen LogP contribution >= 0.6 is 0 Å². The molecule has 0 unspecified atom stereocenters. The maximum absolute atomic E-state index is 9.46. The SMILES string of the molecule is Oc1cc2ncc(-c3ccccc3)nc2cc1O. The van der Waals surface area contributed by atoms with Crippen LogP contribution in [0.15, 0.2) is 48.7 Å². The average molecular weight is 238 g/mol. The van der Waals surface area contributed by atoms with Crippen LogP contribution in [0, 0.1) is 0 Å². The average Bonchev–Trinajstić information content (AvgIpc) is 2.41. The summed E-state index contributed by atoms with van der Waals surface area (Å²) in [7, 11) is 0. The first kappa shape index (κ1) is 10.5. The van der Waals surface area contributed by atoms with Crippen molar-refractivity contribution >= 4 is 11.0 Å². The third-order valence-corrected chi connectivity index (χ3v) is 2.71. The number of benzene rings is 2. The molecule has 18 heavy (non-hydrogen) atoms. The third-order valence-electron chi connectivity index (χ3n) is 2.71. The summed E-state index contributed by atoms with van der Waals surface area (Å²) >= 11 is 0. The first-order valence-electron chi connectivity index (χ1n) is 5.48. The zero-order valence-electron chi connectivity index (χ0n) is 9.41. The number of aromatic hydroxyl groups is 2. The van der Waals surface area contributed by atoms with E-state index in [1.165, 1.54) is 12.1 Å². The van der Waals surface area contributed by atoms with Gasteiger partial charge in [0.05, 0.1) is 22.9 Å². The summed E-state index contributed by atoms with van der Waals surface area (Å²) in [5, 5.41) is 18.8. The molecule has 0 aliphatic carbocycles. The molecule has 0 amide bonds. The van der Waals surface area contributed by atoms with Crippen molar-refractivity contribution in [2.45, 2.75) is 0 Å². The lowest BCUT2D eigenvalue weighted by Gasteiger charge is -2.04. The van der Waals surface area contributed by atoms with E-state index < -0.39 is 0 Å². The summed E-state index contributed by atoms with van der Waals surface area (Å²) in [4.78, 5) is 8.64. The fraction of sp³-hybridized carbons (Fsp3) is 0. The molecule has 4 heteroatoms. The van der Waals surface area contributed by atoms with Gasteiger partial charge in [0.15, 0.2) is 11.5 Å². The maximum atomic E-state index is 9.46. The smallest absolute Gasteiger partial charge is 0.159 e. The van der Waals surface area contributed by atoms with Gasteiger partial charge >= 0.3 is 0 Å². The van der Waals surface area contributed by atoms with Crippen molar-refractivity contribution in [3.63, 3.8) is 0 Å². The van der Waals surface area contributed by atoms with E-state index in [9.17, 15) is 10.2 Å². The van der Waals surface area contributed by atoms with Crippen molar-refractivity contribution < 1.29 is 10.2 Å². The summed E-state index contributed by atoms with van der Waals surface area (Å²) in [5.41, 5.74) is 2.78. The lowest BCUT2D eigenvalue weighted by molar-refractivity contribution is 0.404. The van der Waals surface area contributed by atoms with Crippen molar-refractivity contribution in [2.24, 2.45) is 0 Å². The molecule has 1 heterocycles. The summed E-state index contributed by atoms with van der Waals surface area (Å²) in [6.45, 7) is 0. The molecule has 0 aliphatic heterocycles. The van der Waals surface area contributed by atoms with Crippen LogP contribution in [0.5, 0.6) is 11.5 Å². The standard InChI is InChI=1S/C14H10N2O2/c17-13-6-10-11(7-14(13)18)16-12(8-15-10)9-4-2-1-3-5-9/h1-8,17-18H. The van der Waals surface area contributed by atoms with Crippen LogP contribution in [0.3, 0.4) is 0 Å². The van der Waals surface area contributed by atoms with Gasteiger partial charge in [-0.2, -0.15) is 0 Å². The summed E-state index contributed by atoms with van der Waals surface area (Å²) < 4.78 is 0. The number of phenols is 2. The lowest BCUT2D eigenvalue weighted by Crippen LogP contribution is -1.88. The largest absolute Gasteiger partial charge is 0.504 e. The van der Waals surface area contributed by atoms with Gasteiger partial charge in [0.25, 0.3) is 0 Å². The van der Waals surface area contributed by atoms with Gasteiger partial charge in [0.1, 0.15) is 0 Å². The molecule has 4 nitrogen and oxygen atoms in total. The molecule has 3 aromatic rings. The van der Waals surface area contributed by atoms with Gasteiger partial charge in [-0.25, -0.2) is 4.98 Å². The number of nitrogens with zero attached hydrogens (tertiary/aromatic N) is 2. The lowest BCUT2D eigenvalue weighted by atomic mass is 10.1. The highest BCUT2D eigenvalue weighted by atomic mass is 16.3. The second-order valence-electron chi connectivity index (χ2n) is 3.95. The monoisotopic (exact) mass is 238 g/mol. The fourth-order valence-electron chi connectivity index (χ4n) is 1.79. The minimum Gasteiger partial charge on any atom is -0.504 e. The van der Waals surface area contributed by atoms with Crippen molar-refractivity contribution in [3.05, 3.63) is 48.7 Å². The fourth-order valence-corrected chi connectivity index (χ4v) is 1.79. The molecule has 2 aromatic carbocycles. The molecule has 1 aromatic heterocycles. The van der Waals surface area contributed by atoms with E-state index in [1.807, 2.05) is 30.3 Å². The van der Waals surface area contributed by atoms with Crippen molar-refractivity contribution in [1.29, 1.82) is 0 Å². The van der Waals surface area contributed by atoms with E-state index in [2.05, 4.69) is 9.97 Å². The summed E-state index contributed by atoms with van der Waals surface area (Å²) in [6.07, 6.45) is 1.65. The predicted octanol–water partition coefficient (Wildman–Crippen LogP) is 2.71. The quantitative estimate of drug-likeness (QED) is 0.640. The molecule has 0 fully saturated rings. The number of hydrogen-bond donors (Lipinski definition) is 2. The second kappa shape index (κ2) is 4.00. The Morgan fingerprint density at radius 2 is 1.50 bits per heavy atom. The van der Waals surface area contributed by atoms with E-state index in [0.717, 1.165) is 11.3 Å². The Morgan fingerprint density at radius 1 is 0.833 bits per heavy atom. The van der Waals surface area contributed by atoms with Gasteiger partial charge in [0.2, 0.25) is 0 Å². The number of aromatic nitrogens is 2. The number of rotatable bonds is 1. The molecular formula is C14H10N2O2. The highest BCUT2D eigenvalue weighted by Gasteiger charge is 2.06. The maximum Gasteiger partial charge on any atom is 0.159 e. The van der Waals surface area contributed by atoms with Crippen molar-refractivity contribution in [3.8, 4) is 22.8 Å². The van der Waals surface area contributed by atoms with Gasteiger partial charge in [-0.3, -0.25) is 4.98 Å². The zero-order valence-corrected chi connectivity index (χ0v) is 9.41. The molecule has 0 radical (unpaired) electrons. The molecule has 0 atom stereocenters. The Labute approximate surface area is 103 Å². The Balaban J connectivity index is 2.20. The van der Waals surface area contributed by atoms with E-state index in [1.54, 1.807) is 6.20 Å². The van der Waals surface area contributed by atoms with Crippen LogP contribution in [0.4, 0.5) is 0 Å². The number of hydrogen-bond acceptors (Lipinski definition) is 4. The van der Waals surface area contributed by atoms with Crippen LogP contribution in [0.25, 0.3) is 22.3 Å². The van der Waals surface area contributed by atoms with E-state index in [0.29, 0.717) is 11.0 Å². The molecule has 2 N–H and O–H groups in total. The van der Waals surface area contributed by atoms with Crippen molar-refractivity contribution in [2.75, 3.05) is 0 Å². The van der Waals surface area contributed by atoms with Gasteiger partial charge in [-0.05, 0) is 0 Å². The van der Waals surface area contributed by atoms with E-state index in [4.69, 9.17) is 0 Å². The summed E-state index contributed by atoms with van der Waals surface area (Å²) in [5.74, 6) is -0.383. The topological polar surface area (TPSA) is 66.2 Å². The third kappa shape index (κ3) is 1.73. The Kier molecular flexibility index (Phi) is 2.34. The molecule has 0 spiro atoms. The molecule has 0 saturated carbocycles. The van der Waals surface area contributed by atoms with Crippen LogP contribution < -0.4 is 0 Å². The van der Waals surface area contributed by atoms with E-state index >= 15 is 0 Å². The number of phenolic OH excluding ortho intramolecular Hbond substituents is 2. The highest BCUT2D eigenvalue weighted by Crippen LogP contribution is 2.29. The molecule has 0 saturated heterocycles. The van der Waals surface area contributed by atoms with Crippen LogP contribution in [0.2, 0.25) is 0 Å². The first-order valence-corrected chi connectivity index (χ1v) is 5.48. The Bertz CT molecular complexity index is 712. The predicted molar refractivity (Wildman–Crippen MR) is 68.3 cm³/mol. The normalized spacial score (nSPS) is 10.7. The molecule has 3 rings (SSSR count). The second-order valence-corrected chi connectivity index (χ2v) is 3.95. The Hall–Kier alpha value is -2.62. The van der Waals surface area contributed by atoms with Gasteiger partial charge in [0, 0.05) is 17.7 Å². The number of fused-ring (bicyclic) bond motifs is 1. The van der Waals surface area contributed by atoms with Crippen LogP contribution in [-0.2, 0) is 0 Å². The van der Waals surface area contributed by atoms with E-state index in [-0.39, 0.29) is 11.5 Å². The van der Waals surface area contributed by atoms with Crippen LogP contribution in [-0.4, -0.2) is 20.2 Å². The van der Waals surface area contributed by atoms with Crippen LogP contribution in [0.1, 0.15) is 0 Å². The minimum atomic E-state index is -0.193. The minimum absolute atomic E-state index is 0.190. The first-order chi connectivity index (χ1) is 8.74.